The molecule has 1 saturated carbocycles. The summed E-state index contributed by atoms with van der Waals surface area (Å²) in [5, 5.41) is 2.85. The van der Waals surface area contributed by atoms with E-state index in [2.05, 4.69) is 10.2 Å². The van der Waals surface area contributed by atoms with E-state index in [0.29, 0.717) is 24.9 Å². The molecule has 0 radical (unpaired) electrons. The molecule has 22 heavy (non-hydrogen) atoms. The molecule has 1 heterocycles. The molecule has 120 valence electrons. The third-order valence-corrected chi connectivity index (χ3v) is 4.58. The third-order valence-electron chi connectivity index (χ3n) is 4.58. The van der Waals surface area contributed by atoms with Crippen molar-refractivity contribution in [2.75, 3.05) is 25.1 Å². The van der Waals surface area contributed by atoms with Crippen LogP contribution in [0.5, 0.6) is 0 Å². The molecule has 0 aromatic heterocycles. The van der Waals surface area contributed by atoms with Crippen molar-refractivity contribution < 1.29 is 13.9 Å². The average Bonchev–Trinajstić information content (AvgIpc) is 3.00. The smallest absolute Gasteiger partial charge is 0.244 e. The predicted octanol–water partition coefficient (Wildman–Crippen LogP) is 2.72. The number of aryl methyl sites for hydroxylation is 1. The van der Waals surface area contributed by atoms with E-state index < -0.39 is 0 Å². The molecular weight excluding hydrogens is 283 g/mol. The summed E-state index contributed by atoms with van der Waals surface area (Å²) in [6.45, 7) is 3.70. The van der Waals surface area contributed by atoms with E-state index in [4.69, 9.17) is 4.74 Å². The van der Waals surface area contributed by atoms with Gasteiger partial charge in [0.05, 0.1) is 13.2 Å². The second kappa shape index (κ2) is 6.75. The van der Waals surface area contributed by atoms with Crippen molar-refractivity contribution in [3.05, 3.63) is 29.6 Å². The highest BCUT2D eigenvalue weighted by Crippen LogP contribution is 2.27. The standard InChI is InChI=1S/C17H23FN2O2/c1-12-8-13(18)10-14(9-12)19-17(21)16-11-22-7-6-20(16)15-4-2-3-5-15/h8-10,15-16H,2-7,11H2,1H3,(H,19,21). The summed E-state index contributed by atoms with van der Waals surface area (Å²) in [6.07, 6.45) is 4.78. The number of benzene rings is 1. The Labute approximate surface area is 130 Å². The minimum absolute atomic E-state index is 0.100. The second-order valence-electron chi connectivity index (χ2n) is 6.27. The van der Waals surface area contributed by atoms with Gasteiger partial charge < -0.3 is 10.1 Å². The summed E-state index contributed by atoms with van der Waals surface area (Å²) < 4.78 is 19.0. The number of rotatable bonds is 3. The van der Waals surface area contributed by atoms with E-state index in [1.165, 1.54) is 25.0 Å². The minimum atomic E-state index is -0.331. The number of hydrogen-bond acceptors (Lipinski definition) is 3. The van der Waals surface area contributed by atoms with Crippen molar-refractivity contribution in [3.8, 4) is 0 Å². The third kappa shape index (κ3) is 3.47. The number of carbonyl (C=O) groups excluding carboxylic acids is 1. The fraction of sp³-hybridized carbons (Fsp3) is 0.588. The Morgan fingerprint density at radius 2 is 2.09 bits per heavy atom. The van der Waals surface area contributed by atoms with Gasteiger partial charge >= 0.3 is 0 Å². The van der Waals surface area contributed by atoms with Crippen LogP contribution in [0.25, 0.3) is 0 Å². The van der Waals surface area contributed by atoms with Gasteiger partial charge in [0.1, 0.15) is 11.9 Å². The van der Waals surface area contributed by atoms with Crippen molar-refractivity contribution in [1.82, 2.24) is 4.90 Å². The van der Waals surface area contributed by atoms with Crippen LogP contribution in [0.2, 0.25) is 0 Å². The highest BCUT2D eigenvalue weighted by atomic mass is 19.1. The summed E-state index contributed by atoms with van der Waals surface area (Å²) in [7, 11) is 0. The minimum Gasteiger partial charge on any atom is -0.378 e. The Morgan fingerprint density at radius 1 is 1.32 bits per heavy atom. The van der Waals surface area contributed by atoms with Gasteiger partial charge in [-0.2, -0.15) is 0 Å². The lowest BCUT2D eigenvalue weighted by atomic mass is 10.1. The molecule has 0 bridgehead atoms. The van der Waals surface area contributed by atoms with Crippen molar-refractivity contribution in [2.45, 2.75) is 44.7 Å². The van der Waals surface area contributed by atoms with E-state index in [-0.39, 0.29) is 17.8 Å². The number of halogens is 1. The van der Waals surface area contributed by atoms with Crippen LogP contribution in [0.4, 0.5) is 10.1 Å². The molecule has 2 aliphatic rings. The summed E-state index contributed by atoms with van der Waals surface area (Å²) in [6, 6.07) is 4.79. The van der Waals surface area contributed by atoms with Crippen LogP contribution in [0, 0.1) is 12.7 Å². The van der Waals surface area contributed by atoms with Gasteiger partial charge in [-0.1, -0.05) is 12.8 Å². The number of amides is 1. The van der Waals surface area contributed by atoms with Gasteiger partial charge in [-0.3, -0.25) is 9.69 Å². The number of ether oxygens (including phenoxy) is 1. The number of nitrogens with zero attached hydrogens (tertiary/aromatic N) is 1. The molecule has 1 aromatic rings. The Bertz CT molecular complexity index is 523. The molecular formula is C17H23FN2O2. The van der Waals surface area contributed by atoms with Crippen molar-refractivity contribution >= 4 is 11.6 Å². The number of nitrogens with one attached hydrogen (secondary N) is 1. The van der Waals surface area contributed by atoms with E-state index in [1.54, 1.807) is 6.07 Å². The first-order valence-electron chi connectivity index (χ1n) is 8.05. The van der Waals surface area contributed by atoms with Crippen molar-refractivity contribution in [3.63, 3.8) is 0 Å². The average molecular weight is 306 g/mol. The summed E-state index contributed by atoms with van der Waals surface area (Å²) in [5.74, 6) is -0.431. The lowest BCUT2D eigenvalue weighted by Gasteiger charge is -2.38. The van der Waals surface area contributed by atoms with Crippen molar-refractivity contribution in [1.29, 1.82) is 0 Å². The molecule has 1 atom stereocenters. The van der Waals surface area contributed by atoms with E-state index in [9.17, 15) is 9.18 Å². The molecule has 1 saturated heterocycles. The molecule has 0 spiro atoms. The van der Waals surface area contributed by atoms with Gasteiger partial charge in [0.2, 0.25) is 5.91 Å². The molecule has 1 unspecified atom stereocenters. The topological polar surface area (TPSA) is 41.6 Å². The number of anilines is 1. The van der Waals surface area contributed by atoms with Gasteiger partial charge in [-0.25, -0.2) is 4.39 Å². The van der Waals surface area contributed by atoms with E-state index in [1.807, 2.05) is 6.92 Å². The number of carbonyl (C=O) groups is 1. The van der Waals surface area contributed by atoms with Crippen LogP contribution in [0.15, 0.2) is 18.2 Å². The first kappa shape index (κ1) is 15.4. The molecule has 1 aliphatic heterocycles. The van der Waals surface area contributed by atoms with Crippen LogP contribution in [0.1, 0.15) is 31.2 Å². The van der Waals surface area contributed by atoms with Crippen LogP contribution in [-0.2, 0) is 9.53 Å². The van der Waals surface area contributed by atoms with Crippen LogP contribution in [0.3, 0.4) is 0 Å². The zero-order chi connectivity index (χ0) is 15.5. The predicted molar refractivity (Wildman–Crippen MR) is 83.3 cm³/mol. The largest absolute Gasteiger partial charge is 0.378 e. The van der Waals surface area contributed by atoms with Gasteiger partial charge in [-0.05, 0) is 43.5 Å². The zero-order valence-electron chi connectivity index (χ0n) is 13.0. The van der Waals surface area contributed by atoms with E-state index in [0.717, 1.165) is 24.9 Å². The molecule has 1 N–H and O–H groups in total. The number of morpholine rings is 1. The Kier molecular flexibility index (Phi) is 4.74. The summed E-state index contributed by atoms with van der Waals surface area (Å²) in [5.41, 5.74) is 1.31. The monoisotopic (exact) mass is 306 g/mol. The highest BCUT2D eigenvalue weighted by molar-refractivity contribution is 5.95. The Morgan fingerprint density at radius 3 is 2.82 bits per heavy atom. The quantitative estimate of drug-likeness (QED) is 0.933. The zero-order valence-corrected chi connectivity index (χ0v) is 13.0. The highest BCUT2D eigenvalue weighted by Gasteiger charge is 2.35. The molecule has 3 rings (SSSR count). The summed E-state index contributed by atoms with van der Waals surface area (Å²) in [4.78, 5) is 14.9. The fourth-order valence-corrected chi connectivity index (χ4v) is 3.55. The maximum atomic E-state index is 13.5. The molecule has 5 heteroatoms. The molecule has 2 fully saturated rings. The molecule has 1 aliphatic carbocycles. The Hall–Kier alpha value is -1.46. The summed E-state index contributed by atoms with van der Waals surface area (Å²) >= 11 is 0. The molecule has 4 nitrogen and oxygen atoms in total. The van der Waals surface area contributed by atoms with Gasteiger partial charge in [0, 0.05) is 18.3 Å². The maximum Gasteiger partial charge on any atom is 0.244 e. The first-order chi connectivity index (χ1) is 10.6. The van der Waals surface area contributed by atoms with Gasteiger partial charge in [-0.15, -0.1) is 0 Å². The van der Waals surface area contributed by atoms with Crippen LogP contribution in [-0.4, -0.2) is 42.6 Å². The Balaban J connectivity index is 1.71. The lowest BCUT2D eigenvalue weighted by molar-refractivity contribution is -0.129. The molecule has 1 aromatic carbocycles. The lowest BCUT2D eigenvalue weighted by Crippen LogP contribution is -2.55. The van der Waals surface area contributed by atoms with Gasteiger partial charge in [0.15, 0.2) is 0 Å². The first-order valence-corrected chi connectivity index (χ1v) is 8.05. The molecule has 1 amide bonds. The maximum absolute atomic E-state index is 13.5. The van der Waals surface area contributed by atoms with Crippen molar-refractivity contribution in [2.24, 2.45) is 0 Å². The number of hydrogen-bond donors (Lipinski definition) is 1. The second-order valence-corrected chi connectivity index (χ2v) is 6.27. The van der Waals surface area contributed by atoms with Crippen LogP contribution >= 0.6 is 0 Å². The van der Waals surface area contributed by atoms with E-state index >= 15 is 0 Å². The normalized spacial score (nSPS) is 23.6. The fourth-order valence-electron chi connectivity index (χ4n) is 3.55. The van der Waals surface area contributed by atoms with Gasteiger partial charge in [0.25, 0.3) is 0 Å². The SMILES string of the molecule is Cc1cc(F)cc(NC(=O)C2COCCN2C2CCCC2)c1. The van der Waals surface area contributed by atoms with Crippen LogP contribution < -0.4 is 5.32 Å².